The fourth-order valence-corrected chi connectivity index (χ4v) is 1.30. The van der Waals surface area contributed by atoms with Gasteiger partial charge >= 0.3 is 0 Å². The van der Waals surface area contributed by atoms with Gasteiger partial charge in [-0.15, -0.1) is 0 Å². The van der Waals surface area contributed by atoms with E-state index in [1.165, 1.54) is 0 Å². The minimum atomic E-state index is 0.540. The van der Waals surface area contributed by atoms with Gasteiger partial charge in [-0.2, -0.15) is 0 Å². The summed E-state index contributed by atoms with van der Waals surface area (Å²) in [6.45, 7) is 4.33. The van der Waals surface area contributed by atoms with Crippen molar-refractivity contribution in [3.8, 4) is 0 Å². The van der Waals surface area contributed by atoms with Gasteiger partial charge in [0.05, 0.1) is 6.54 Å². The molecule has 1 rings (SSSR count). The Morgan fingerprint density at radius 2 is 2.20 bits per heavy atom. The summed E-state index contributed by atoms with van der Waals surface area (Å²) in [5.74, 6) is 1.84. The molecule has 0 aliphatic heterocycles. The van der Waals surface area contributed by atoms with E-state index in [9.17, 15) is 0 Å². The number of rotatable bonds is 7. The summed E-state index contributed by atoms with van der Waals surface area (Å²) < 4.78 is 10.5. The van der Waals surface area contributed by atoms with Crippen LogP contribution < -0.4 is 5.32 Å². The van der Waals surface area contributed by atoms with E-state index in [1.807, 2.05) is 19.1 Å². The predicted molar refractivity (Wildman–Crippen MR) is 60.6 cm³/mol. The van der Waals surface area contributed by atoms with Gasteiger partial charge in [0.1, 0.15) is 18.1 Å². The molecule has 0 aliphatic rings. The average molecular weight is 209 g/mol. The van der Waals surface area contributed by atoms with E-state index in [4.69, 9.17) is 9.15 Å². The summed E-state index contributed by atoms with van der Waals surface area (Å²) in [5.41, 5.74) is 0. The van der Waals surface area contributed by atoms with E-state index in [1.54, 1.807) is 7.11 Å². The van der Waals surface area contributed by atoms with Crippen LogP contribution in [-0.2, 0) is 17.9 Å². The molecule has 0 radical (unpaired) electrons. The molecule has 1 aromatic rings. The third-order valence-corrected chi connectivity index (χ3v) is 2.03. The molecule has 0 bridgehead atoms. The van der Waals surface area contributed by atoms with Crippen LogP contribution in [0.25, 0.3) is 0 Å². The number of hydrogen-bond donors (Lipinski definition) is 1. The van der Waals surface area contributed by atoms with Gasteiger partial charge in [0, 0.05) is 7.11 Å². The van der Waals surface area contributed by atoms with E-state index in [2.05, 4.69) is 17.5 Å². The lowest BCUT2D eigenvalue weighted by atomic mass is 10.3. The van der Waals surface area contributed by atoms with Crippen molar-refractivity contribution in [1.29, 1.82) is 0 Å². The van der Waals surface area contributed by atoms with Crippen LogP contribution in [0, 0.1) is 0 Å². The molecule has 15 heavy (non-hydrogen) atoms. The third kappa shape index (κ3) is 4.81. The van der Waals surface area contributed by atoms with Crippen molar-refractivity contribution in [3.05, 3.63) is 35.8 Å². The zero-order chi connectivity index (χ0) is 10.9. The minimum Gasteiger partial charge on any atom is -0.462 e. The molecule has 3 nitrogen and oxygen atoms in total. The van der Waals surface area contributed by atoms with Crippen LogP contribution in [0.5, 0.6) is 0 Å². The van der Waals surface area contributed by atoms with Gasteiger partial charge in [0.2, 0.25) is 0 Å². The number of nitrogens with one attached hydrogen (secondary N) is 1. The first kappa shape index (κ1) is 12.0. The fourth-order valence-electron chi connectivity index (χ4n) is 1.30. The third-order valence-electron chi connectivity index (χ3n) is 2.03. The highest BCUT2D eigenvalue weighted by Gasteiger charge is 2.00. The molecule has 0 aromatic carbocycles. The van der Waals surface area contributed by atoms with Crippen molar-refractivity contribution in [1.82, 2.24) is 5.32 Å². The highest BCUT2D eigenvalue weighted by molar-refractivity contribution is 5.06. The van der Waals surface area contributed by atoms with Gasteiger partial charge in [0.25, 0.3) is 0 Å². The lowest BCUT2D eigenvalue weighted by molar-refractivity contribution is 0.162. The molecular formula is C12H19NO2. The molecular weight excluding hydrogens is 190 g/mol. The second-order valence-electron chi connectivity index (χ2n) is 3.34. The van der Waals surface area contributed by atoms with Crippen LogP contribution in [0.15, 0.2) is 28.7 Å². The Bertz CT molecular complexity index is 292. The van der Waals surface area contributed by atoms with Crippen molar-refractivity contribution in [2.24, 2.45) is 0 Å². The van der Waals surface area contributed by atoms with Gasteiger partial charge in [-0.25, -0.2) is 0 Å². The van der Waals surface area contributed by atoms with E-state index in [0.717, 1.165) is 31.0 Å². The van der Waals surface area contributed by atoms with Gasteiger partial charge in [-0.3, -0.25) is 0 Å². The van der Waals surface area contributed by atoms with Crippen LogP contribution in [0.3, 0.4) is 0 Å². The Morgan fingerprint density at radius 3 is 2.93 bits per heavy atom. The second-order valence-corrected chi connectivity index (χ2v) is 3.34. The monoisotopic (exact) mass is 209 g/mol. The van der Waals surface area contributed by atoms with Crippen LogP contribution in [-0.4, -0.2) is 13.7 Å². The summed E-state index contributed by atoms with van der Waals surface area (Å²) in [4.78, 5) is 0. The number of furan rings is 1. The first-order valence-corrected chi connectivity index (χ1v) is 5.25. The van der Waals surface area contributed by atoms with Gasteiger partial charge in [0.15, 0.2) is 0 Å². The van der Waals surface area contributed by atoms with E-state index in [0.29, 0.717) is 6.61 Å². The molecule has 0 saturated carbocycles. The van der Waals surface area contributed by atoms with Crippen molar-refractivity contribution in [3.63, 3.8) is 0 Å². The van der Waals surface area contributed by atoms with E-state index in [-0.39, 0.29) is 0 Å². The van der Waals surface area contributed by atoms with E-state index >= 15 is 0 Å². The molecule has 0 aliphatic carbocycles. The minimum absolute atomic E-state index is 0.540. The molecule has 0 atom stereocenters. The number of hydrogen-bond acceptors (Lipinski definition) is 3. The molecule has 3 heteroatoms. The molecule has 1 aromatic heterocycles. The van der Waals surface area contributed by atoms with Crippen LogP contribution >= 0.6 is 0 Å². The summed E-state index contributed by atoms with van der Waals surface area (Å²) >= 11 is 0. The maximum atomic E-state index is 5.53. The van der Waals surface area contributed by atoms with Crippen LogP contribution in [0.1, 0.15) is 24.9 Å². The predicted octanol–water partition coefficient (Wildman–Crippen LogP) is 2.48. The molecule has 0 fully saturated rings. The van der Waals surface area contributed by atoms with Crippen molar-refractivity contribution in [2.75, 3.05) is 13.7 Å². The standard InChI is InChI=1S/C12H19NO2/c1-3-4-5-8-13-9-11-6-7-12(15-11)10-14-2/h3-4,6-7,13H,5,8-10H2,1-2H3/b4-3+. The van der Waals surface area contributed by atoms with Gasteiger partial charge in [-0.1, -0.05) is 12.2 Å². The van der Waals surface area contributed by atoms with Crippen LogP contribution in [0.4, 0.5) is 0 Å². The van der Waals surface area contributed by atoms with Crippen LogP contribution in [0.2, 0.25) is 0 Å². The summed E-state index contributed by atoms with van der Waals surface area (Å²) in [6, 6.07) is 3.93. The molecule has 1 N–H and O–H groups in total. The van der Waals surface area contributed by atoms with Crippen molar-refractivity contribution in [2.45, 2.75) is 26.5 Å². The largest absolute Gasteiger partial charge is 0.462 e. The number of allylic oxidation sites excluding steroid dienone is 1. The second kappa shape index (κ2) is 7.26. The van der Waals surface area contributed by atoms with Gasteiger partial charge in [-0.05, 0) is 32.0 Å². The smallest absolute Gasteiger partial charge is 0.129 e. The normalized spacial score (nSPS) is 11.3. The highest BCUT2D eigenvalue weighted by atomic mass is 16.5. The molecule has 1 heterocycles. The Balaban J connectivity index is 2.19. The lowest BCUT2D eigenvalue weighted by Crippen LogP contribution is -2.13. The highest BCUT2D eigenvalue weighted by Crippen LogP contribution is 2.08. The quantitative estimate of drug-likeness (QED) is 0.553. The Morgan fingerprint density at radius 1 is 1.40 bits per heavy atom. The Hall–Kier alpha value is -1.06. The maximum absolute atomic E-state index is 5.53. The van der Waals surface area contributed by atoms with E-state index < -0.39 is 0 Å². The maximum Gasteiger partial charge on any atom is 0.129 e. The molecule has 0 unspecified atom stereocenters. The van der Waals surface area contributed by atoms with Gasteiger partial charge < -0.3 is 14.5 Å². The lowest BCUT2D eigenvalue weighted by Gasteiger charge is -1.99. The van der Waals surface area contributed by atoms with Crippen molar-refractivity contribution < 1.29 is 9.15 Å². The number of ether oxygens (including phenoxy) is 1. The zero-order valence-electron chi connectivity index (χ0n) is 9.45. The molecule has 0 spiro atoms. The zero-order valence-corrected chi connectivity index (χ0v) is 9.45. The number of methoxy groups -OCH3 is 1. The molecule has 84 valence electrons. The Labute approximate surface area is 91.1 Å². The van der Waals surface area contributed by atoms with Crippen molar-refractivity contribution >= 4 is 0 Å². The SMILES string of the molecule is C/C=C/CCNCc1ccc(COC)o1. The molecule has 0 saturated heterocycles. The summed E-state index contributed by atoms with van der Waals surface area (Å²) in [6.07, 6.45) is 5.26. The fraction of sp³-hybridized carbons (Fsp3) is 0.500. The summed E-state index contributed by atoms with van der Waals surface area (Å²) in [7, 11) is 1.66. The Kier molecular flexibility index (Phi) is 5.81. The first-order chi connectivity index (χ1) is 7.36. The summed E-state index contributed by atoms with van der Waals surface area (Å²) in [5, 5.41) is 3.31. The average Bonchev–Trinajstić information content (AvgIpc) is 2.66. The molecule has 0 amide bonds. The first-order valence-electron chi connectivity index (χ1n) is 5.25. The topological polar surface area (TPSA) is 34.4 Å².